The van der Waals surface area contributed by atoms with Crippen molar-refractivity contribution in [1.82, 2.24) is 0 Å². The van der Waals surface area contributed by atoms with Crippen LogP contribution in [0.3, 0.4) is 0 Å². The van der Waals surface area contributed by atoms with Gasteiger partial charge in [0.05, 0.1) is 6.10 Å². The molecule has 0 bridgehead atoms. The third-order valence-corrected chi connectivity index (χ3v) is 4.10. The van der Waals surface area contributed by atoms with Gasteiger partial charge in [0.2, 0.25) is 0 Å². The van der Waals surface area contributed by atoms with Crippen molar-refractivity contribution >= 4 is 11.6 Å². The fourth-order valence-electron chi connectivity index (χ4n) is 1.19. The lowest BCUT2D eigenvalue weighted by atomic mass is 9.72. The highest BCUT2D eigenvalue weighted by atomic mass is 35.5. The van der Waals surface area contributed by atoms with E-state index in [1.54, 1.807) is 0 Å². The second kappa shape index (κ2) is 6.93. The first-order valence-corrected chi connectivity index (χ1v) is 6.84. The van der Waals surface area contributed by atoms with Crippen molar-refractivity contribution in [3.05, 3.63) is 0 Å². The van der Waals surface area contributed by atoms with Gasteiger partial charge in [0.25, 0.3) is 0 Å². The molecule has 1 rings (SSSR count). The van der Waals surface area contributed by atoms with Gasteiger partial charge in [-0.1, -0.05) is 31.9 Å². The Bertz CT molecular complexity index is 208. The van der Waals surface area contributed by atoms with Crippen LogP contribution in [0.1, 0.15) is 53.9 Å². The van der Waals surface area contributed by atoms with Gasteiger partial charge in [-0.3, -0.25) is 0 Å². The molecule has 0 spiro atoms. The molecule has 1 aliphatic rings. The third-order valence-electron chi connectivity index (χ3n) is 3.64. The molecule has 0 amide bonds. The molecule has 2 atom stereocenters. The zero-order chi connectivity index (χ0) is 13.7. The Balaban J connectivity index is 0.000000419. The summed E-state index contributed by atoms with van der Waals surface area (Å²) in [6.45, 7) is 11.4. The second-order valence-corrected chi connectivity index (χ2v) is 6.47. The molecule has 0 aromatic carbocycles. The van der Waals surface area contributed by atoms with E-state index in [9.17, 15) is 0 Å². The topological polar surface area (TPSA) is 64.6 Å². The molecule has 4 N–H and O–H groups in total. The van der Waals surface area contributed by atoms with E-state index in [4.69, 9.17) is 23.1 Å². The summed E-state index contributed by atoms with van der Waals surface area (Å²) >= 11 is 5.31. The average Bonchev–Trinajstić information content (AvgIpc) is 2.79. The summed E-state index contributed by atoms with van der Waals surface area (Å²) in [6, 6.07) is 0. The van der Waals surface area contributed by atoms with Gasteiger partial charge in [0.1, 0.15) is 0 Å². The van der Waals surface area contributed by atoms with Crippen LogP contribution in [0.4, 0.5) is 0 Å². The normalized spacial score (nSPS) is 24.0. The van der Waals surface area contributed by atoms with E-state index in [0.717, 1.165) is 19.4 Å². The standard InChI is InChI=1S/C10H24N2.C3H5ClO/c1-9(2,10(3,4)12)7-5-6-8-11;1-2-3(4)5-2/h5-8,11-12H2,1-4H3;2-3H,1H3. The molecule has 0 aromatic heterocycles. The Morgan fingerprint density at radius 3 is 1.82 bits per heavy atom. The van der Waals surface area contributed by atoms with E-state index in [1.807, 2.05) is 6.92 Å². The number of hydrogen-bond donors (Lipinski definition) is 2. The number of epoxide rings is 1. The van der Waals surface area contributed by atoms with E-state index in [2.05, 4.69) is 32.4 Å². The van der Waals surface area contributed by atoms with Crippen LogP contribution < -0.4 is 11.5 Å². The van der Waals surface area contributed by atoms with Gasteiger partial charge in [0, 0.05) is 5.54 Å². The Labute approximate surface area is 111 Å². The summed E-state index contributed by atoms with van der Waals surface area (Å²) in [4.78, 5) is 0. The molecule has 104 valence electrons. The lowest BCUT2D eigenvalue weighted by Gasteiger charge is -2.38. The molecule has 0 radical (unpaired) electrons. The zero-order valence-corrected chi connectivity index (χ0v) is 12.7. The predicted octanol–water partition coefficient (Wildman–Crippen LogP) is 2.85. The van der Waals surface area contributed by atoms with E-state index in [-0.39, 0.29) is 16.5 Å². The minimum Gasteiger partial charge on any atom is -0.353 e. The maximum atomic E-state index is 6.06. The highest BCUT2D eigenvalue weighted by molar-refractivity contribution is 6.21. The summed E-state index contributed by atoms with van der Waals surface area (Å²) in [5, 5.41) is 0. The quantitative estimate of drug-likeness (QED) is 0.456. The molecule has 1 aliphatic heterocycles. The van der Waals surface area contributed by atoms with Crippen molar-refractivity contribution in [3.8, 4) is 0 Å². The molecule has 2 unspecified atom stereocenters. The number of rotatable bonds is 5. The highest BCUT2D eigenvalue weighted by Gasteiger charge is 2.32. The van der Waals surface area contributed by atoms with Gasteiger partial charge in [0.15, 0.2) is 5.56 Å². The minimum absolute atomic E-state index is 0.0231. The van der Waals surface area contributed by atoms with Gasteiger partial charge in [-0.2, -0.15) is 0 Å². The molecule has 1 heterocycles. The van der Waals surface area contributed by atoms with Gasteiger partial charge < -0.3 is 16.2 Å². The van der Waals surface area contributed by atoms with Crippen LogP contribution in [0, 0.1) is 5.41 Å². The fraction of sp³-hybridized carbons (Fsp3) is 1.00. The maximum Gasteiger partial charge on any atom is 0.157 e. The van der Waals surface area contributed by atoms with Crippen molar-refractivity contribution in [1.29, 1.82) is 0 Å². The molecule has 0 saturated carbocycles. The highest BCUT2D eigenvalue weighted by Crippen LogP contribution is 2.33. The monoisotopic (exact) mass is 264 g/mol. The number of nitrogens with two attached hydrogens (primary N) is 2. The Morgan fingerprint density at radius 2 is 1.59 bits per heavy atom. The predicted molar refractivity (Wildman–Crippen MR) is 75.1 cm³/mol. The molecule has 1 saturated heterocycles. The maximum absolute atomic E-state index is 6.06. The lowest BCUT2D eigenvalue weighted by molar-refractivity contribution is 0.181. The smallest absolute Gasteiger partial charge is 0.157 e. The largest absolute Gasteiger partial charge is 0.353 e. The summed E-state index contributed by atoms with van der Waals surface area (Å²) in [5.41, 5.74) is 11.6. The Morgan fingerprint density at radius 1 is 1.18 bits per heavy atom. The van der Waals surface area contributed by atoms with Gasteiger partial charge in [-0.15, -0.1) is 0 Å². The third kappa shape index (κ3) is 7.24. The van der Waals surface area contributed by atoms with E-state index >= 15 is 0 Å². The number of ether oxygens (including phenoxy) is 1. The van der Waals surface area contributed by atoms with Gasteiger partial charge in [-0.05, 0) is 45.6 Å². The fourth-order valence-corrected chi connectivity index (χ4v) is 1.36. The van der Waals surface area contributed by atoms with Crippen molar-refractivity contribution in [2.24, 2.45) is 16.9 Å². The summed E-state index contributed by atoms with van der Waals surface area (Å²) in [6.07, 6.45) is 3.77. The molecule has 3 nitrogen and oxygen atoms in total. The van der Waals surface area contributed by atoms with Crippen LogP contribution >= 0.6 is 11.6 Å². The SMILES string of the molecule is CC(C)(N)C(C)(C)CCCCN.CC1OC1Cl. The number of halogens is 1. The Kier molecular flexibility index (Phi) is 7.00. The lowest BCUT2D eigenvalue weighted by Crippen LogP contribution is -2.47. The molecule has 0 aromatic rings. The van der Waals surface area contributed by atoms with Gasteiger partial charge in [-0.25, -0.2) is 0 Å². The number of hydrogen-bond acceptors (Lipinski definition) is 3. The second-order valence-electron chi connectivity index (χ2n) is 6.04. The molecule has 0 aliphatic carbocycles. The van der Waals surface area contributed by atoms with Crippen LogP contribution in [0.2, 0.25) is 0 Å². The Hall–Kier alpha value is 0.170. The summed E-state index contributed by atoms with van der Waals surface area (Å²) in [7, 11) is 0. The zero-order valence-electron chi connectivity index (χ0n) is 11.9. The minimum atomic E-state index is -0.0956. The van der Waals surface area contributed by atoms with Crippen LogP contribution in [0.15, 0.2) is 0 Å². The first-order valence-electron chi connectivity index (χ1n) is 6.40. The van der Waals surface area contributed by atoms with Crippen LogP contribution in [-0.2, 0) is 4.74 Å². The van der Waals surface area contributed by atoms with Crippen LogP contribution in [0.5, 0.6) is 0 Å². The number of unbranched alkanes of at least 4 members (excludes halogenated alkanes) is 1. The molecular weight excluding hydrogens is 236 g/mol. The summed E-state index contributed by atoms with van der Waals surface area (Å²) < 4.78 is 4.68. The number of alkyl halides is 1. The van der Waals surface area contributed by atoms with Crippen molar-refractivity contribution < 1.29 is 4.74 Å². The van der Waals surface area contributed by atoms with E-state index in [1.165, 1.54) is 6.42 Å². The molecular formula is C13H29ClN2O. The molecule has 17 heavy (non-hydrogen) atoms. The van der Waals surface area contributed by atoms with Crippen molar-refractivity contribution in [2.45, 2.75) is 71.1 Å². The molecule has 1 fully saturated rings. The first kappa shape index (κ1) is 17.2. The van der Waals surface area contributed by atoms with E-state index < -0.39 is 0 Å². The van der Waals surface area contributed by atoms with Crippen molar-refractivity contribution in [3.63, 3.8) is 0 Å². The first-order chi connectivity index (χ1) is 7.62. The van der Waals surface area contributed by atoms with E-state index in [0.29, 0.717) is 6.10 Å². The summed E-state index contributed by atoms with van der Waals surface area (Å²) in [5.74, 6) is 0. The average molecular weight is 265 g/mol. The van der Waals surface area contributed by atoms with Crippen LogP contribution in [-0.4, -0.2) is 23.8 Å². The van der Waals surface area contributed by atoms with Gasteiger partial charge >= 0.3 is 0 Å². The van der Waals surface area contributed by atoms with Crippen LogP contribution in [0.25, 0.3) is 0 Å². The molecule has 4 heteroatoms. The van der Waals surface area contributed by atoms with Crippen molar-refractivity contribution in [2.75, 3.05) is 6.54 Å².